The van der Waals surface area contributed by atoms with Crippen LogP contribution in [0, 0.1) is 39.9 Å². The van der Waals surface area contributed by atoms with Gasteiger partial charge in [0, 0.05) is 22.4 Å². The second-order valence-electron chi connectivity index (χ2n) is 2.61. The number of hydrogen-bond acceptors (Lipinski definition) is 0. The quantitative estimate of drug-likeness (QED) is 0.331. The molecular weight excluding hydrogens is 459 g/mol. The Hall–Kier alpha value is -0.860. The molecule has 1 radical (unpaired) electrons. The predicted octanol–water partition coefficient (Wildman–Crippen LogP) is 1.66. The fourth-order valence-electron chi connectivity index (χ4n) is 1.34. The van der Waals surface area contributed by atoms with Crippen molar-refractivity contribution in [1.82, 2.24) is 0 Å². The molecule has 0 aliphatic heterocycles. The van der Waals surface area contributed by atoms with E-state index in [-0.39, 0.29) is 22.4 Å². The average Bonchev–Trinajstić information content (AvgIpc) is 2.67. The largest absolute Gasteiger partial charge is 0 e. The summed E-state index contributed by atoms with van der Waals surface area (Å²) in [7, 11) is 0. The van der Waals surface area contributed by atoms with Crippen LogP contribution < -0.4 is 0 Å². The van der Waals surface area contributed by atoms with E-state index in [9.17, 15) is 0 Å². The molecule has 0 aromatic heterocycles. The molecule has 0 rings (SSSR count). The minimum atomic E-state index is 0. The van der Waals surface area contributed by atoms with Gasteiger partial charge in [-0.05, 0) is 27.7 Å². The Morgan fingerprint density at radius 3 is 0.545 bits per heavy atom. The molecule has 22 heavy (non-hydrogen) atoms. The van der Waals surface area contributed by atoms with Crippen LogP contribution in [0.3, 0.4) is 0 Å². The molecule has 0 aromatic carbocycles. The standard InChI is InChI=1S/C8H20N.6CO.Ta/c1-5-9(6-2,7-3)8-4;6*1-2;/h5-8H2,1-4H3;;;;;;;/q+1;;;;;;;. The van der Waals surface area contributed by atoms with E-state index in [4.69, 9.17) is 27.9 Å². The fourth-order valence-corrected chi connectivity index (χ4v) is 1.34. The van der Waals surface area contributed by atoms with Crippen LogP contribution in [0.1, 0.15) is 27.7 Å². The number of nitrogens with zero attached hydrogens (tertiary/aromatic N) is 1. The fraction of sp³-hybridized carbons (Fsp3) is 0.571. The van der Waals surface area contributed by atoms with Crippen molar-refractivity contribution in [2.75, 3.05) is 26.2 Å². The Bertz CT molecular complexity index is 200. The van der Waals surface area contributed by atoms with E-state index in [2.05, 4.69) is 67.6 Å². The number of rotatable bonds is 4. The van der Waals surface area contributed by atoms with E-state index in [0.29, 0.717) is 0 Å². The summed E-state index contributed by atoms with van der Waals surface area (Å²) in [5.74, 6) is 0. The summed E-state index contributed by atoms with van der Waals surface area (Å²) < 4.78 is 46.3. The van der Waals surface area contributed by atoms with Crippen molar-refractivity contribution < 1.29 is 54.8 Å². The molecule has 0 aromatic rings. The first-order valence-corrected chi connectivity index (χ1v) is 5.32. The molecule has 0 bridgehead atoms. The molecule has 0 heterocycles. The Balaban J connectivity index is -0.0000000214. The van der Waals surface area contributed by atoms with E-state index in [1.54, 1.807) is 0 Å². The molecule has 0 aliphatic carbocycles. The van der Waals surface area contributed by atoms with Gasteiger partial charge in [-0.25, -0.2) is 0 Å². The van der Waals surface area contributed by atoms with Gasteiger partial charge in [-0.2, -0.15) is 0 Å². The first-order chi connectivity index (χ1) is 10.2. The van der Waals surface area contributed by atoms with Gasteiger partial charge in [0.05, 0.1) is 26.2 Å². The Morgan fingerprint density at radius 2 is 0.545 bits per heavy atom. The van der Waals surface area contributed by atoms with E-state index in [1.165, 1.54) is 30.7 Å². The van der Waals surface area contributed by atoms with Crippen molar-refractivity contribution in [3.05, 3.63) is 39.9 Å². The van der Waals surface area contributed by atoms with E-state index < -0.39 is 0 Å². The van der Waals surface area contributed by atoms with Gasteiger partial charge in [-0.3, -0.25) is 0 Å². The topological polar surface area (TPSA) is 119 Å². The number of quaternary nitrogens is 1. The summed E-state index contributed by atoms with van der Waals surface area (Å²) in [6, 6.07) is 0. The van der Waals surface area contributed by atoms with Gasteiger partial charge in [-0.1, -0.05) is 0 Å². The summed E-state index contributed by atoms with van der Waals surface area (Å²) in [5, 5.41) is 0. The predicted molar refractivity (Wildman–Crippen MR) is 66.0 cm³/mol. The summed E-state index contributed by atoms with van der Waals surface area (Å²) in [4.78, 5) is 0. The van der Waals surface area contributed by atoms with Gasteiger partial charge in [0.1, 0.15) is 0 Å². The molecular formula is C14H20NO6Ta+. The first kappa shape index (κ1) is 49.7. The maximum absolute atomic E-state index is 7.50. The Labute approximate surface area is 148 Å². The van der Waals surface area contributed by atoms with Crippen LogP contribution in [0.25, 0.3) is 0 Å². The number of hydrogen-bond donors (Lipinski definition) is 0. The Kier molecular flexibility index (Phi) is 199. The summed E-state index contributed by atoms with van der Waals surface area (Å²) in [6.45, 7) is 41.2. The van der Waals surface area contributed by atoms with Crippen LogP contribution in [0.15, 0.2) is 0 Å². The summed E-state index contributed by atoms with van der Waals surface area (Å²) >= 11 is 0. The smallest absolute Gasteiger partial charge is 0 e. The zero-order valence-corrected chi connectivity index (χ0v) is 16.4. The second kappa shape index (κ2) is 88.3. The normalized spacial score (nSPS) is 5.45. The van der Waals surface area contributed by atoms with E-state index in [0.717, 1.165) is 0 Å². The van der Waals surface area contributed by atoms with Gasteiger partial charge in [-0.15, -0.1) is 0 Å². The third-order valence-corrected chi connectivity index (χ3v) is 2.68. The summed E-state index contributed by atoms with van der Waals surface area (Å²) in [6.07, 6.45) is 0. The van der Waals surface area contributed by atoms with Crippen LogP contribution >= 0.6 is 0 Å². The molecule has 0 amide bonds. The molecule has 7 nitrogen and oxygen atoms in total. The molecule has 0 N–H and O–H groups in total. The summed E-state index contributed by atoms with van der Waals surface area (Å²) in [5.41, 5.74) is 0. The van der Waals surface area contributed by atoms with E-state index >= 15 is 0 Å². The van der Waals surface area contributed by atoms with Crippen molar-refractivity contribution in [3.63, 3.8) is 0 Å². The second-order valence-corrected chi connectivity index (χ2v) is 2.61. The van der Waals surface area contributed by atoms with Crippen molar-refractivity contribution in [1.29, 1.82) is 0 Å². The minimum Gasteiger partial charge on any atom is 0 e. The zero-order valence-electron chi connectivity index (χ0n) is 13.2. The monoisotopic (exact) mass is 479 g/mol. The Morgan fingerprint density at radius 1 is 0.455 bits per heavy atom. The van der Waals surface area contributed by atoms with Gasteiger partial charge in [0.2, 0.25) is 0 Å². The third kappa shape index (κ3) is 50.8. The minimum absolute atomic E-state index is 0. The van der Waals surface area contributed by atoms with Crippen LogP contribution in [0.4, 0.5) is 0 Å². The third-order valence-electron chi connectivity index (χ3n) is 2.68. The first-order valence-electron chi connectivity index (χ1n) is 5.32. The molecule has 0 atom stereocenters. The molecule has 0 saturated carbocycles. The molecule has 0 spiro atoms. The molecule has 121 valence electrons. The zero-order chi connectivity index (χ0) is 19.3. The van der Waals surface area contributed by atoms with E-state index in [1.807, 2.05) is 0 Å². The van der Waals surface area contributed by atoms with Crippen LogP contribution in [0.2, 0.25) is 0 Å². The van der Waals surface area contributed by atoms with Crippen molar-refractivity contribution in [3.8, 4) is 0 Å². The van der Waals surface area contributed by atoms with Gasteiger partial charge in [0.15, 0.2) is 0 Å². The SMILES string of the molecule is CC[N+](CC)(CC)CC.[C-]#[O+].[C-]#[O+].[C-]#[O+].[C-]#[O+].[C-]#[O+].[C-]#[O+].[Ta]. The molecule has 8 heteroatoms. The molecule has 0 aliphatic rings. The van der Waals surface area contributed by atoms with Crippen molar-refractivity contribution >= 4 is 0 Å². The molecule has 0 unspecified atom stereocenters. The van der Waals surface area contributed by atoms with Gasteiger partial charge in [0.25, 0.3) is 0 Å². The van der Waals surface area contributed by atoms with Crippen molar-refractivity contribution in [2.24, 2.45) is 0 Å². The molecule has 0 fully saturated rings. The van der Waals surface area contributed by atoms with Crippen LogP contribution in [-0.4, -0.2) is 30.7 Å². The van der Waals surface area contributed by atoms with Crippen molar-refractivity contribution in [2.45, 2.75) is 27.7 Å². The average molecular weight is 479 g/mol. The maximum Gasteiger partial charge on any atom is 0 e. The van der Waals surface area contributed by atoms with Crippen LogP contribution in [0.5, 0.6) is 0 Å². The van der Waals surface area contributed by atoms with Gasteiger partial charge >= 0.3 is 67.8 Å². The maximum atomic E-state index is 7.50. The van der Waals surface area contributed by atoms with Crippen LogP contribution in [-0.2, 0) is 50.3 Å². The van der Waals surface area contributed by atoms with Gasteiger partial charge < -0.3 is 4.48 Å². The molecule has 0 saturated heterocycles.